The summed E-state index contributed by atoms with van der Waals surface area (Å²) in [6, 6.07) is 12.0. The Kier molecular flexibility index (Phi) is 3.67. The van der Waals surface area contributed by atoms with Crippen LogP contribution in [-0.2, 0) is 4.74 Å². The summed E-state index contributed by atoms with van der Waals surface area (Å²) in [4.78, 5) is 0. The molecule has 1 N–H and O–H groups in total. The van der Waals surface area contributed by atoms with Crippen LogP contribution in [0.25, 0.3) is 0 Å². The molecule has 3 atom stereocenters. The Bertz CT molecular complexity index is 368. The highest BCUT2D eigenvalue weighted by atomic mass is 16.5. The molecule has 2 nitrogen and oxygen atoms in total. The van der Waals surface area contributed by atoms with Crippen molar-refractivity contribution in [2.75, 3.05) is 13.2 Å². The normalized spacial score (nSPS) is 27.1. The molecule has 0 amide bonds. The Morgan fingerprint density at radius 1 is 1.11 bits per heavy atom. The van der Waals surface area contributed by atoms with E-state index in [1.165, 1.54) is 24.8 Å². The SMILES string of the molecule is CC(NC(c1ccccc1)C1CC1)C1CCOC1. The fraction of sp³-hybridized carbons (Fsp3) is 0.625. The third kappa shape index (κ3) is 2.76. The highest BCUT2D eigenvalue weighted by Gasteiger charge is 2.34. The van der Waals surface area contributed by atoms with Crippen molar-refractivity contribution in [2.24, 2.45) is 11.8 Å². The summed E-state index contributed by atoms with van der Waals surface area (Å²) in [7, 11) is 0. The molecule has 2 aliphatic rings. The molecule has 0 bridgehead atoms. The summed E-state index contributed by atoms with van der Waals surface area (Å²) in [5.41, 5.74) is 1.45. The van der Waals surface area contributed by atoms with E-state index in [0.717, 1.165) is 19.1 Å². The third-order valence-corrected chi connectivity index (χ3v) is 4.37. The Hall–Kier alpha value is -0.860. The Morgan fingerprint density at radius 2 is 1.89 bits per heavy atom. The second kappa shape index (κ2) is 5.41. The lowest BCUT2D eigenvalue weighted by Crippen LogP contribution is -2.37. The van der Waals surface area contributed by atoms with Crippen LogP contribution in [0.2, 0.25) is 0 Å². The van der Waals surface area contributed by atoms with Crippen molar-refractivity contribution in [1.29, 1.82) is 0 Å². The lowest BCUT2D eigenvalue weighted by atomic mass is 9.96. The minimum Gasteiger partial charge on any atom is -0.381 e. The van der Waals surface area contributed by atoms with Gasteiger partial charge in [0, 0.05) is 18.7 Å². The Labute approximate surface area is 110 Å². The molecule has 1 aromatic carbocycles. The van der Waals surface area contributed by atoms with Crippen molar-refractivity contribution in [3.05, 3.63) is 35.9 Å². The van der Waals surface area contributed by atoms with Crippen molar-refractivity contribution in [3.8, 4) is 0 Å². The molecular formula is C16H23NO. The Balaban J connectivity index is 1.67. The van der Waals surface area contributed by atoms with Gasteiger partial charge in [-0.05, 0) is 43.6 Å². The van der Waals surface area contributed by atoms with Gasteiger partial charge in [-0.2, -0.15) is 0 Å². The number of nitrogens with one attached hydrogen (secondary N) is 1. The predicted molar refractivity (Wildman–Crippen MR) is 73.4 cm³/mol. The lowest BCUT2D eigenvalue weighted by Gasteiger charge is -2.27. The van der Waals surface area contributed by atoms with Crippen molar-refractivity contribution < 1.29 is 4.74 Å². The molecule has 3 unspecified atom stereocenters. The van der Waals surface area contributed by atoms with E-state index >= 15 is 0 Å². The van der Waals surface area contributed by atoms with Gasteiger partial charge in [0.15, 0.2) is 0 Å². The van der Waals surface area contributed by atoms with Crippen LogP contribution in [0.4, 0.5) is 0 Å². The van der Waals surface area contributed by atoms with E-state index in [0.29, 0.717) is 18.0 Å². The fourth-order valence-corrected chi connectivity index (χ4v) is 2.96. The zero-order valence-corrected chi connectivity index (χ0v) is 11.1. The zero-order chi connectivity index (χ0) is 12.4. The van der Waals surface area contributed by atoms with Crippen LogP contribution in [0.5, 0.6) is 0 Å². The summed E-state index contributed by atoms with van der Waals surface area (Å²) < 4.78 is 5.50. The molecule has 1 heterocycles. The smallest absolute Gasteiger partial charge is 0.0509 e. The molecule has 2 fully saturated rings. The maximum Gasteiger partial charge on any atom is 0.0509 e. The zero-order valence-electron chi connectivity index (χ0n) is 11.1. The first-order valence-corrected chi connectivity index (χ1v) is 7.23. The quantitative estimate of drug-likeness (QED) is 0.860. The predicted octanol–water partition coefficient (Wildman–Crippen LogP) is 3.15. The molecule has 1 aliphatic heterocycles. The number of ether oxygens (including phenoxy) is 1. The van der Waals surface area contributed by atoms with E-state index < -0.39 is 0 Å². The van der Waals surface area contributed by atoms with Gasteiger partial charge >= 0.3 is 0 Å². The first-order chi connectivity index (χ1) is 8.84. The monoisotopic (exact) mass is 245 g/mol. The molecule has 1 saturated carbocycles. The second-order valence-corrected chi connectivity index (χ2v) is 5.80. The highest BCUT2D eigenvalue weighted by molar-refractivity contribution is 5.21. The molecule has 98 valence electrons. The van der Waals surface area contributed by atoms with Crippen LogP contribution in [0.15, 0.2) is 30.3 Å². The van der Waals surface area contributed by atoms with E-state index in [-0.39, 0.29) is 0 Å². The summed E-state index contributed by atoms with van der Waals surface area (Å²) in [6.07, 6.45) is 3.96. The van der Waals surface area contributed by atoms with Crippen molar-refractivity contribution in [1.82, 2.24) is 5.32 Å². The largest absolute Gasteiger partial charge is 0.381 e. The molecule has 18 heavy (non-hydrogen) atoms. The van der Waals surface area contributed by atoms with E-state index in [9.17, 15) is 0 Å². The van der Waals surface area contributed by atoms with Crippen molar-refractivity contribution >= 4 is 0 Å². The highest BCUT2D eigenvalue weighted by Crippen LogP contribution is 2.41. The molecule has 0 spiro atoms. The van der Waals surface area contributed by atoms with Gasteiger partial charge in [0.05, 0.1) is 6.61 Å². The summed E-state index contributed by atoms with van der Waals surface area (Å²) in [6.45, 7) is 4.19. The van der Waals surface area contributed by atoms with Crippen LogP contribution in [-0.4, -0.2) is 19.3 Å². The topological polar surface area (TPSA) is 21.3 Å². The molecule has 1 aliphatic carbocycles. The molecule has 1 saturated heterocycles. The molecule has 1 aromatic rings. The minimum absolute atomic E-state index is 0.543. The minimum atomic E-state index is 0.543. The van der Waals surface area contributed by atoms with Gasteiger partial charge in [-0.1, -0.05) is 30.3 Å². The standard InChI is InChI=1S/C16H23NO/c1-12(15-9-10-18-11-15)17-16(14-7-8-14)13-5-3-2-4-6-13/h2-6,12,14-17H,7-11H2,1H3. The first kappa shape index (κ1) is 12.2. The van der Waals surface area contributed by atoms with Crippen LogP contribution < -0.4 is 5.32 Å². The molecule has 3 rings (SSSR count). The summed E-state index contributed by atoms with van der Waals surface area (Å²) in [5, 5.41) is 3.86. The molecule has 2 heteroatoms. The molecular weight excluding hydrogens is 222 g/mol. The van der Waals surface area contributed by atoms with Crippen LogP contribution in [0.3, 0.4) is 0 Å². The molecule has 0 aromatic heterocycles. The summed E-state index contributed by atoms with van der Waals surface area (Å²) in [5.74, 6) is 1.53. The van der Waals surface area contributed by atoms with E-state index in [4.69, 9.17) is 4.74 Å². The van der Waals surface area contributed by atoms with Crippen LogP contribution in [0.1, 0.15) is 37.8 Å². The number of hydrogen-bond acceptors (Lipinski definition) is 2. The number of hydrogen-bond donors (Lipinski definition) is 1. The van der Waals surface area contributed by atoms with Gasteiger partial charge in [0.1, 0.15) is 0 Å². The maximum absolute atomic E-state index is 5.50. The van der Waals surface area contributed by atoms with Gasteiger partial charge in [-0.15, -0.1) is 0 Å². The van der Waals surface area contributed by atoms with Gasteiger partial charge < -0.3 is 10.1 Å². The molecule has 0 radical (unpaired) electrons. The number of rotatable bonds is 5. The van der Waals surface area contributed by atoms with Crippen LogP contribution >= 0.6 is 0 Å². The maximum atomic E-state index is 5.50. The van der Waals surface area contributed by atoms with Crippen LogP contribution in [0, 0.1) is 11.8 Å². The second-order valence-electron chi connectivity index (χ2n) is 5.80. The van der Waals surface area contributed by atoms with Crippen molar-refractivity contribution in [3.63, 3.8) is 0 Å². The van der Waals surface area contributed by atoms with E-state index in [1.54, 1.807) is 0 Å². The van der Waals surface area contributed by atoms with Gasteiger partial charge in [-0.25, -0.2) is 0 Å². The Morgan fingerprint density at radius 3 is 2.50 bits per heavy atom. The van der Waals surface area contributed by atoms with Crippen molar-refractivity contribution in [2.45, 2.75) is 38.3 Å². The van der Waals surface area contributed by atoms with Gasteiger partial charge in [0.25, 0.3) is 0 Å². The average molecular weight is 245 g/mol. The lowest BCUT2D eigenvalue weighted by molar-refractivity contribution is 0.175. The number of benzene rings is 1. The average Bonchev–Trinajstić information content (AvgIpc) is 3.10. The fourth-order valence-electron chi connectivity index (χ4n) is 2.96. The third-order valence-electron chi connectivity index (χ3n) is 4.37. The first-order valence-electron chi connectivity index (χ1n) is 7.23. The van der Waals surface area contributed by atoms with E-state index in [1.807, 2.05) is 0 Å². The van der Waals surface area contributed by atoms with Gasteiger partial charge in [0.2, 0.25) is 0 Å². The van der Waals surface area contributed by atoms with Gasteiger partial charge in [-0.3, -0.25) is 0 Å². The van der Waals surface area contributed by atoms with E-state index in [2.05, 4.69) is 42.6 Å². The summed E-state index contributed by atoms with van der Waals surface area (Å²) >= 11 is 0.